The van der Waals surface area contributed by atoms with E-state index in [1.165, 1.54) is 83.5 Å². The maximum absolute atomic E-state index is 12.6. The third-order valence-electron chi connectivity index (χ3n) is 12.3. The van der Waals surface area contributed by atoms with E-state index >= 15 is 0 Å². The van der Waals surface area contributed by atoms with Crippen LogP contribution in [0.2, 0.25) is 0 Å². The summed E-state index contributed by atoms with van der Waals surface area (Å²) in [6, 6.07) is 0. The number of carbonyl (C=O) groups is 1. The molecular formula is C33H56Br2O2. The molecule has 0 saturated heterocycles. The van der Waals surface area contributed by atoms with E-state index in [0.717, 1.165) is 42.9 Å². The van der Waals surface area contributed by atoms with Gasteiger partial charge in [0.25, 0.3) is 0 Å². The van der Waals surface area contributed by atoms with Gasteiger partial charge in [-0.1, -0.05) is 111 Å². The standard InChI is InChI=1S/C33H56Br2O2/c1-6-8-9-10-11-12-13-24-14-15-27-26-21-29(34)33(35)22-25(37-30(36)20-23(3)7-2)16-19-32(33,5)28(26)17-18-31(24,27)4/h23-29H,6-22H2,1-5H3/t23?,24?,25-,26?,27?,28?,29?,31+,32+,33?/m0/s1. The fourth-order valence-corrected chi connectivity index (χ4v) is 11.8. The highest BCUT2D eigenvalue weighted by Crippen LogP contribution is 2.71. The third kappa shape index (κ3) is 5.92. The van der Waals surface area contributed by atoms with Crippen molar-refractivity contribution in [3.8, 4) is 0 Å². The van der Waals surface area contributed by atoms with Gasteiger partial charge in [-0.15, -0.1) is 0 Å². The number of hydrogen-bond donors (Lipinski definition) is 0. The van der Waals surface area contributed by atoms with Crippen molar-refractivity contribution in [1.29, 1.82) is 0 Å². The molecule has 37 heavy (non-hydrogen) atoms. The van der Waals surface area contributed by atoms with Crippen LogP contribution < -0.4 is 0 Å². The molecule has 2 nitrogen and oxygen atoms in total. The van der Waals surface area contributed by atoms with E-state index in [9.17, 15) is 4.79 Å². The molecule has 7 unspecified atom stereocenters. The number of halogens is 2. The number of carbonyl (C=O) groups excluding carboxylic acids is 1. The van der Waals surface area contributed by atoms with E-state index < -0.39 is 0 Å². The lowest BCUT2D eigenvalue weighted by Gasteiger charge is -2.65. The van der Waals surface area contributed by atoms with Crippen molar-refractivity contribution in [2.45, 2.75) is 159 Å². The van der Waals surface area contributed by atoms with Gasteiger partial charge in [-0.05, 0) is 91.8 Å². The fraction of sp³-hybridized carbons (Fsp3) is 0.970. The van der Waals surface area contributed by atoms with Crippen molar-refractivity contribution < 1.29 is 9.53 Å². The molecule has 0 spiro atoms. The Morgan fingerprint density at radius 1 is 0.973 bits per heavy atom. The van der Waals surface area contributed by atoms with E-state index in [0.29, 0.717) is 22.6 Å². The molecule has 0 aliphatic heterocycles. The molecule has 214 valence electrons. The number of fused-ring (bicyclic) bond motifs is 5. The SMILES string of the molecule is CCCCCCCCC1CCC2C3CC(Br)C4(Br)C[C@@H](OC(=O)CC(C)CC)CC[C@]4(C)C3CC[C@]12C. The van der Waals surface area contributed by atoms with Crippen molar-refractivity contribution in [2.75, 3.05) is 0 Å². The number of rotatable bonds is 11. The van der Waals surface area contributed by atoms with Crippen molar-refractivity contribution in [3.63, 3.8) is 0 Å². The van der Waals surface area contributed by atoms with E-state index in [1.807, 2.05) is 0 Å². The molecule has 4 aliphatic rings. The highest BCUT2D eigenvalue weighted by atomic mass is 79.9. The van der Waals surface area contributed by atoms with Crippen LogP contribution in [0.15, 0.2) is 0 Å². The first-order valence-electron chi connectivity index (χ1n) is 16.1. The largest absolute Gasteiger partial charge is 0.462 e. The Hall–Kier alpha value is 0.430. The average molecular weight is 645 g/mol. The summed E-state index contributed by atoms with van der Waals surface area (Å²) in [6.45, 7) is 11.9. The summed E-state index contributed by atoms with van der Waals surface area (Å²) >= 11 is 8.61. The van der Waals surface area contributed by atoms with Gasteiger partial charge >= 0.3 is 5.97 Å². The van der Waals surface area contributed by atoms with Gasteiger partial charge in [-0.25, -0.2) is 0 Å². The number of alkyl halides is 2. The molecule has 0 aromatic rings. The molecule has 10 atom stereocenters. The van der Waals surface area contributed by atoms with Gasteiger partial charge in [0.2, 0.25) is 0 Å². The summed E-state index contributed by atoms with van der Waals surface area (Å²) in [6.07, 6.45) is 21.8. The summed E-state index contributed by atoms with van der Waals surface area (Å²) in [5, 5.41) is 0. The molecule has 0 aromatic carbocycles. The van der Waals surface area contributed by atoms with Crippen LogP contribution in [0, 0.1) is 40.4 Å². The average Bonchev–Trinajstić information content (AvgIpc) is 3.19. The smallest absolute Gasteiger partial charge is 0.306 e. The lowest BCUT2D eigenvalue weighted by atomic mass is 9.44. The molecule has 4 fully saturated rings. The monoisotopic (exact) mass is 642 g/mol. The summed E-state index contributed by atoms with van der Waals surface area (Å²) in [4.78, 5) is 13.1. The zero-order valence-corrected chi connectivity index (χ0v) is 27.8. The van der Waals surface area contributed by atoms with Gasteiger partial charge in [0.15, 0.2) is 0 Å². The first-order chi connectivity index (χ1) is 17.6. The third-order valence-corrected chi connectivity index (χ3v) is 15.9. The Labute approximate surface area is 245 Å². The zero-order chi connectivity index (χ0) is 26.8. The summed E-state index contributed by atoms with van der Waals surface area (Å²) < 4.78 is 6.10. The number of unbranched alkanes of at least 4 members (excludes halogenated alkanes) is 5. The van der Waals surface area contributed by atoms with Gasteiger partial charge < -0.3 is 4.74 Å². The second kappa shape index (κ2) is 12.5. The minimum atomic E-state index is 0.00894. The van der Waals surface area contributed by atoms with Crippen LogP contribution in [0.3, 0.4) is 0 Å². The molecule has 4 aliphatic carbocycles. The Balaban J connectivity index is 1.40. The van der Waals surface area contributed by atoms with Crippen molar-refractivity contribution in [2.24, 2.45) is 40.4 Å². The van der Waals surface area contributed by atoms with Gasteiger partial charge in [0.1, 0.15) is 6.10 Å². The maximum atomic E-state index is 12.6. The minimum Gasteiger partial charge on any atom is -0.462 e. The molecular weight excluding hydrogens is 588 g/mol. The summed E-state index contributed by atoms with van der Waals surface area (Å²) in [5.41, 5.74) is 0.824. The first kappa shape index (κ1) is 30.4. The highest BCUT2D eigenvalue weighted by molar-refractivity contribution is 9.12. The Kier molecular flexibility index (Phi) is 10.3. The predicted octanol–water partition coefficient (Wildman–Crippen LogP) is 10.6. The van der Waals surface area contributed by atoms with Gasteiger partial charge in [-0.2, -0.15) is 0 Å². The normalized spacial score (nSPS) is 44.0. The topological polar surface area (TPSA) is 26.3 Å². The quantitative estimate of drug-likeness (QED) is 0.127. The van der Waals surface area contributed by atoms with Crippen LogP contribution >= 0.6 is 31.9 Å². The van der Waals surface area contributed by atoms with Gasteiger partial charge in [0, 0.05) is 22.0 Å². The van der Waals surface area contributed by atoms with Crippen LogP contribution in [0.4, 0.5) is 0 Å². The first-order valence-corrected chi connectivity index (χ1v) is 17.8. The molecule has 4 heteroatoms. The van der Waals surface area contributed by atoms with Gasteiger partial charge in [-0.3, -0.25) is 4.79 Å². The van der Waals surface area contributed by atoms with Crippen LogP contribution in [0.5, 0.6) is 0 Å². The van der Waals surface area contributed by atoms with Crippen molar-refractivity contribution in [1.82, 2.24) is 0 Å². The molecule has 4 rings (SSSR count). The summed E-state index contributed by atoms with van der Waals surface area (Å²) in [5.74, 6) is 3.90. The summed E-state index contributed by atoms with van der Waals surface area (Å²) in [7, 11) is 0. The van der Waals surface area contributed by atoms with E-state index in [-0.39, 0.29) is 21.8 Å². The maximum Gasteiger partial charge on any atom is 0.306 e. The molecule has 0 amide bonds. The van der Waals surface area contributed by atoms with Crippen LogP contribution in [0.1, 0.15) is 144 Å². The van der Waals surface area contributed by atoms with Gasteiger partial charge in [0.05, 0.1) is 0 Å². The van der Waals surface area contributed by atoms with Crippen LogP contribution in [-0.2, 0) is 9.53 Å². The predicted molar refractivity (Wildman–Crippen MR) is 163 cm³/mol. The molecule has 4 saturated carbocycles. The molecule has 0 radical (unpaired) electrons. The molecule has 0 N–H and O–H groups in total. The lowest BCUT2D eigenvalue weighted by molar-refractivity contribution is -0.158. The Bertz CT molecular complexity index is 771. The number of hydrogen-bond acceptors (Lipinski definition) is 2. The molecule has 0 bridgehead atoms. The van der Waals surface area contributed by atoms with E-state index in [4.69, 9.17) is 4.74 Å². The number of ether oxygens (including phenoxy) is 1. The van der Waals surface area contributed by atoms with Crippen molar-refractivity contribution >= 4 is 37.8 Å². The molecule has 0 heterocycles. The lowest BCUT2D eigenvalue weighted by Crippen LogP contribution is -2.64. The second-order valence-electron chi connectivity index (χ2n) is 14.3. The fourth-order valence-electron chi connectivity index (χ4n) is 9.66. The zero-order valence-electron chi connectivity index (χ0n) is 24.6. The van der Waals surface area contributed by atoms with Crippen LogP contribution in [-0.4, -0.2) is 21.2 Å². The number of esters is 1. The molecule has 0 aromatic heterocycles. The second-order valence-corrected chi connectivity index (χ2v) is 16.8. The van der Waals surface area contributed by atoms with E-state index in [1.54, 1.807) is 0 Å². The minimum absolute atomic E-state index is 0.00894. The van der Waals surface area contributed by atoms with E-state index in [2.05, 4.69) is 66.5 Å². The van der Waals surface area contributed by atoms with Crippen molar-refractivity contribution in [3.05, 3.63) is 0 Å². The van der Waals surface area contributed by atoms with Crippen LogP contribution in [0.25, 0.3) is 0 Å². The Morgan fingerprint density at radius 2 is 1.70 bits per heavy atom. The Morgan fingerprint density at radius 3 is 2.43 bits per heavy atom. The highest BCUT2D eigenvalue weighted by Gasteiger charge is 2.66.